The van der Waals surface area contributed by atoms with Crippen LogP contribution in [0, 0.1) is 52.5 Å². The number of anilines is 1. The predicted molar refractivity (Wildman–Crippen MR) is 123 cm³/mol. The first-order chi connectivity index (χ1) is 16.4. The van der Waals surface area contributed by atoms with Gasteiger partial charge in [0.15, 0.2) is 0 Å². The summed E-state index contributed by atoms with van der Waals surface area (Å²) < 4.78 is 0. The minimum atomic E-state index is -0.627. The maximum Gasteiger partial charge on any atom is 0.282 e. The van der Waals surface area contributed by atoms with Crippen LogP contribution in [0.2, 0.25) is 0 Å². The molecule has 3 fully saturated rings. The maximum absolute atomic E-state index is 13.7. The van der Waals surface area contributed by atoms with Gasteiger partial charge >= 0.3 is 0 Å². The van der Waals surface area contributed by atoms with Gasteiger partial charge < -0.3 is 0 Å². The van der Waals surface area contributed by atoms with Crippen molar-refractivity contribution in [1.82, 2.24) is 4.90 Å². The van der Waals surface area contributed by atoms with Crippen LogP contribution >= 0.6 is 0 Å². The lowest BCUT2D eigenvalue weighted by Crippen LogP contribution is -2.45. The zero-order chi connectivity index (χ0) is 23.7. The summed E-state index contributed by atoms with van der Waals surface area (Å²) in [5.74, 6) is -0.722. The normalized spacial score (nSPS) is 30.2. The molecule has 1 aliphatic heterocycles. The average molecular weight is 457 g/mol. The number of nitrogens with zero attached hydrogens (tertiary/aromatic N) is 3. The van der Waals surface area contributed by atoms with E-state index >= 15 is 0 Å². The average Bonchev–Trinajstić information content (AvgIpc) is 3.62. The fourth-order valence-electron chi connectivity index (χ4n) is 6.32. The number of allylic oxidation sites excluding steroid dienone is 2. The minimum Gasteiger partial charge on any atom is -0.289 e. The molecular weight excluding hydrogens is 434 g/mol. The van der Waals surface area contributed by atoms with E-state index < -0.39 is 10.8 Å². The zero-order valence-corrected chi connectivity index (χ0v) is 18.5. The number of carbonyl (C=O) groups is 3. The van der Waals surface area contributed by atoms with Crippen molar-refractivity contribution >= 4 is 29.1 Å². The van der Waals surface area contributed by atoms with Crippen molar-refractivity contribution in [2.75, 3.05) is 11.6 Å². The summed E-state index contributed by atoms with van der Waals surface area (Å²) in [7, 11) is 0. The number of nitro benzene ring substituents is 1. The molecular formula is C26H23N3O5. The second-order valence-electron chi connectivity index (χ2n) is 9.75. The van der Waals surface area contributed by atoms with E-state index in [2.05, 4.69) is 12.2 Å². The van der Waals surface area contributed by atoms with Crippen LogP contribution in [0.15, 0.2) is 60.7 Å². The molecule has 0 radical (unpaired) electrons. The Morgan fingerprint density at radius 2 is 1.68 bits per heavy atom. The fraction of sp³-hybridized carbons (Fsp3) is 0.346. The molecule has 2 saturated carbocycles. The molecule has 6 unspecified atom stereocenters. The van der Waals surface area contributed by atoms with Crippen molar-refractivity contribution in [2.24, 2.45) is 35.5 Å². The Morgan fingerprint density at radius 1 is 1.03 bits per heavy atom. The Balaban J connectivity index is 1.37. The van der Waals surface area contributed by atoms with Gasteiger partial charge in [0.1, 0.15) is 12.2 Å². The van der Waals surface area contributed by atoms with Gasteiger partial charge in [-0.2, -0.15) is 0 Å². The number of para-hydroxylation sites is 1. The van der Waals surface area contributed by atoms with Crippen molar-refractivity contribution in [3.05, 3.63) is 81.9 Å². The van der Waals surface area contributed by atoms with Gasteiger partial charge in [0, 0.05) is 11.8 Å². The third-order valence-corrected chi connectivity index (χ3v) is 7.93. The highest BCUT2D eigenvalue weighted by molar-refractivity contribution is 6.11. The van der Waals surface area contributed by atoms with E-state index in [-0.39, 0.29) is 53.4 Å². The highest BCUT2D eigenvalue weighted by atomic mass is 16.6. The predicted octanol–water partition coefficient (Wildman–Crippen LogP) is 3.56. The van der Waals surface area contributed by atoms with Crippen LogP contribution in [-0.2, 0) is 9.59 Å². The van der Waals surface area contributed by atoms with Crippen molar-refractivity contribution in [3.8, 4) is 0 Å². The Kier molecular flexibility index (Phi) is 4.49. The molecule has 7 rings (SSSR count). The van der Waals surface area contributed by atoms with Crippen LogP contribution in [0.4, 0.5) is 11.4 Å². The van der Waals surface area contributed by atoms with Gasteiger partial charge in [-0.25, -0.2) is 0 Å². The Morgan fingerprint density at radius 3 is 2.29 bits per heavy atom. The van der Waals surface area contributed by atoms with E-state index in [0.29, 0.717) is 17.5 Å². The lowest BCUT2D eigenvalue weighted by Gasteiger charge is -2.37. The summed E-state index contributed by atoms with van der Waals surface area (Å²) in [6, 6.07) is 12.8. The molecule has 8 nitrogen and oxygen atoms in total. The van der Waals surface area contributed by atoms with Gasteiger partial charge in [0.25, 0.3) is 11.6 Å². The van der Waals surface area contributed by atoms with Gasteiger partial charge in [-0.3, -0.25) is 34.3 Å². The number of hydrogen-bond acceptors (Lipinski definition) is 5. The second-order valence-corrected chi connectivity index (χ2v) is 9.75. The summed E-state index contributed by atoms with van der Waals surface area (Å²) >= 11 is 0. The first-order valence-electron chi connectivity index (χ1n) is 11.5. The van der Waals surface area contributed by atoms with Crippen LogP contribution in [0.3, 0.4) is 0 Å². The molecule has 5 aliphatic rings. The molecule has 0 aromatic heterocycles. The molecule has 2 aromatic rings. The summed E-state index contributed by atoms with van der Waals surface area (Å²) in [6.07, 6.45) is 5.28. The number of carbonyl (C=O) groups excluding carboxylic acids is 3. The molecule has 2 bridgehead atoms. The third kappa shape index (κ3) is 2.94. The summed E-state index contributed by atoms with van der Waals surface area (Å²) in [4.78, 5) is 54.1. The molecule has 8 heteroatoms. The number of hydrogen-bond donors (Lipinski definition) is 0. The fourth-order valence-corrected chi connectivity index (χ4v) is 6.32. The van der Waals surface area contributed by atoms with Crippen LogP contribution in [0.25, 0.3) is 0 Å². The topological polar surface area (TPSA) is 101 Å². The van der Waals surface area contributed by atoms with Gasteiger partial charge in [-0.1, -0.05) is 36.4 Å². The van der Waals surface area contributed by atoms with Crippen molar-refractivity contribution in [2.45, 2.75) is 13.3 Å². The number of aryl methyl sites for hydroxylation is 1. The summed E-state index contributed by atoms with van der Waals surface area (Å²) in [6.45, 7) is 1.60. The quantitative estimate of drug-likeness (QED) is 0.296. The summed E-state index contributed by atoms with van der Waals surface area (Å²) in [5.41, 5.74) is 0.948. The number of nitro groups is 1. The van der Waals surface area contributed by atoms with E-state index in [4.69, 9.17) is 0 Å². The van der Waals surface area contributed by atoms with E-state index in [1.165, 1.54) is 28.0 Å². The van der Waals surface area contributed by atoms with E-state index in [9.17, 15) is 24.5 Å². The SMILES string of the molecule is Cc1cccc(N(CN2C(=O)C3C4C=CC(C5CC45)C3C2=O)C(=O)c2ccccc2[N+](=O)[O-])c1. The molecule has 34 heavy (non-hydrogen) atoms. The van der Waals surface area contributed by atoms with Crippen LogP contribution in [0.5, 0.6) is 0 Å². The molecule has 1 heterocycles. The maximum atomic E-state index is 13.7. The van der Waals surface area contributed by atoms with E-state index in [0.717, 1.165) is 12.0 Å². The van der Waals surface area contributed by atoms with Crippen molar-refractivity contribution in [1.29, 1.82) is 0 Å². The smallest absolute Gasteiger partial charge is 0.282 e. The number of likely N-dealkylation sites (tertiary alicyclic amines) is 1. The molecule has 6 atom stereocenters. The Hall–Kier alpha value is -3.81. The number of amides is 3. The molecule has 2 aromatic carbocycles. The monoisotopic (exact) mass is 457 g/mol. The molecule has 4 aliphatic carbocycles. The number of rotatable bonds is 5. The largest absolute Gasteiger partial charge is 0.289 e. The minimum absolute atomic E-state index is 0.0831. The second kappa shape index (κ2) is 7.35. The van der Waals surface area contributed by atoms with Crippen molar-refractivity contribution in [3.63, 3.8) is 0 Å². The molecule has 1 saturated heterocycles. The number of imide groups is 1. The van der Waals surface area contributed by atoms with E-state index in [1.54, 1.807) is 24.3 Å². The van der Waals surface area contributed by atoms with Gasteiger partial charge in [0.05, 0.1) is 16.8 Å². The lowest BCUT2D eigenvalue weighted by atomic mass is 9.63. The molecule has 3 amide bonds. The van der Waals surface area contributed by atoms with E-state index in [1.807, 2.05) is 13.0 Å². The van der Waals surface area contributed by atoms with Crippen LogP contribution in [0.1, 0.15) is 22.3 Å². The third-order valence-electron chi connectivity index (χ3n) is 7.93. The van der Waals surface area contributed by atoms with Gasteiger partial charge in [-0.15, -0.1) is 0 Å². The van der Waals surface area contributed by atoms with Crippen molar-refractivity contribution < 1.29 is 19.3 Å². The van der Waals surface area contributed by atoms with Gasteiger partial charge in [0.2, 0.25) is 11.8 Å². The molecule has 172 valence electrons. The van der Waals surface area contributed by atoms with Crippen LogP contribution in [-0.4, -0.2) is 34.2 Å². The molecule has 0 spiro atoms. The van der Waals surface area contributed by atoms with Gasteiger partial charge in [-0.05, 0) is 60.8 Å². The summed E-state index contributed by atoms with van der Waals surface area (Å²) in [5, 5.41) is 11.6. The number of benzene rings is 2. The lowest BCUT2D eigenvalue weighted by molar-refractivity contribution is -0.385. The highest BCUT2D eigenvalue weighted by Gasteiger charge is 2.67. The Bertz CT molecular complexity index is 1250. The standard InChI is InChI=1S/C26H23N3O5/c1-14-5-4-6-15(11-14)27(24(30)18-7-2-3-8-21(18)29(33)34)13-28-25(31)22-16-9-10-17(20-12-19(16)20)23(22)26(28)32/h2-11,16-17,19-20,22-23H,12-13H2,1H3. The first-order valence-corrected chi connectivity index (χ1v) is 11.5. The van der Waals surface area contributed by atoms with Crippen LogP contribution < -0.4 is 4.90 Å². The first kappa shape index (κ1) is 20.8. The Labute approximate surface area is 196 Å². The zero-order valence-electron chi connectivity index (χ0n) is 18.5. The highest BCUT2D eigenvalue weighted by Crippen LogP contribution is 2.65. The molecule has 0 N–H and O–H groups in total.